The van der Waals surface area contributed by atoms with E-state index in [1.54, 1.807) is 0 Å². The number of aromatic nitrogens is 3. The van der Waals surface area contributed by atoms with Crippen LogP contribution >= 0.6 is 11.3 Å². The Morgan fingerprint density at radius 1 is 1.32 bits per heavy atom. The number of carboxylic acids is 1. The maximum atomic E-state index is 11.9. The quantitative estimate of drug-likeness (QED) is 0.877. The molecule has 2 aromatic heterocycles. The standard InChI is InChI=1S/C11H12N4O3S/c16-8-7(9(17)18)6-12-10-15(8)13-11(19-10)14-4-2-1-3-5-14/h6H,1-5H2,(H,17,18). The van der Waals surface area contributed by atoms with E-state index in [2.05, 4.69) is 15.0 Å². The minimum absolute atomic E-state index is 0.354. The number of nitrogens with zero attached hydrogens (tertiary/aromatic N) is 4. The van der Waals surface area contributed by atoms with Gasteiger partial charge in [0.2, 0.25) is 10.1 Å². The molecule has 1 saturated heterocycles. The van der Waals surface area contributed by atoms with Crippen LogP contribution in [0.5, 0.6) is 0 Å². The largest absolute Gasteiger partial charge is 0.477 e. The molecule has 0 bridgehead atoms. The molecule has 0 aliphatic carbocycles. The van der Waals surface area contributed by atoms with Crippen molar-refractivity contribution >= 4 is 27.4 Å². The molecule has 0 saturated carbocycles. The Bertz CT molecular complexity index is 687. The van der Waals surface area contributed by atoms with Gasteiger partial charge in [-0.3, -0.25) is 4.79 Å². The Morgan fingerprint density at radius 3 is 2.74 bits per heavy atom. The van der Waals surface area contributed by atoms with E-state index in [0.29, 0.717) is 4.96 Å². The summed E-state index contributed by atoms with van der Waals surface area (Å²) in [5.74, 6) is -1.28. The van der Waals surface area contributed by atoms with Crippen LogP contribution in [0.2, 0.25) is 0 Å². The van der Waals surface area contributed by atoms with E-state index in [1.807, 2.05) is 0 Å². The van der Waals surface area contributed by atoms with Gasteiger partial charge in [-0.15, -0.1) is 5.10 Å². The summed E-state index contributed by atoms with van der Waals surface area (Å²) in [4.78, 5) is 29.4. The summed E-state index contributed by atoms with van der Waals surface area (Å²) in [6.45, 7) is 1.83. The van der Waals surface area contributed by atoms with Crippen molar-refractivity contribution < 1.29 is 9.90 Å². The third-order valence-corrected chi connectivity index (χ3v) is 4.12. The molecule has 0 unspecified atom stereocenters. The van der Waals surface area contributed by atoms with E-state index in [9.17, 15) is 9.59 Å². The molecule has 0 atom stereocenters. The van der Waals surface area contributed by atoms with Crippen molar-refractivity contribution in [3.05, 3.63) is 22.1 Å². The number of carboxylic acid groups (broad SMARTS) is 1. The van der Waals surface area contributed by atoms with Crippen LogP contribution in [0.1, 0.15) is 29.6 Å². The van der Waals surface area contributed by atoms with E-state index in [0.717, 1.165) is 41.8 Å². The summed E-state index contributed by atoms with van der Waals surface area (Å²) in [5.41, 5.74) is -0.981. The average Bonchev–Trinajstić information content (AvgIpc) is 2.85. The summed E-state index contributed by atoms with van der Waals surface area (Å²) >= 11 is 1.31. The molecule has 1 fully saturated rings. The van der Waals surface area contributed by atoms with Gasteiger partial charge >= 0.3 is 5.97 Å². The second kappa shape index (κ2) is 4.61. The van der Waals surface area contributed by atoms with Crippen molar-refractivity contribution in [3.8, 4) is 0 Å². The van der Waals surface area contributed by atoms with Gasteiger partial charge < -0.3 is 10.0 Å². The van der Waals surface area contributed by atoms with Crippen LogP contribution in [0, 0.1) is 0 Å². The maximum absolute atomic E-state index is 11.9. The van der Waals surface area contributed by atoms with Crippen molar-refractivity contribution in [3.63, 3.8) is 0 Å². The smallest absolute Gasteiger partial charge is 0.343 e. The Kier molecular flexibility index (Phi) is 2.94. The fraction of sp³-hybridized carbons (Fsp3) is 0.455. The molecule has 2 aromatic rings. The van der Waals surface area contributed by atoms with Crippen LogP contribution in [0.15, 0.2) is 11.0 Å². The number of aromatic carboxylic acids is 1. The summed E-state index contributed by atoms with van der Waals surface area (Å²) < 4.78 is 1.08. The molecular formula is C11H12N4O3S. The van der Waals surface area contributed by atoms with Crippen LogP contribution < -0.4 is 10.5 Å². The van der Waals surface area contributed by atoms with Crippen LogP contribution in [0.3, 0.4) is 0 Å². The Morgan fingerprint density at radius 2 is 2.05 bits per heavy atom. The molecule has 3 rings (SSSR count). The zero-order valence-corrected chi connectivity index (χ0v) is 10.9. The van der Waals surface area contributed by atoms with E-state index in [1.165, 1.54) is 17.8 Å². The molecular weight excluding hydrogens is 268 g/mol. The first-order valence-electron chi connectivity index (χ1n) is 6.04. The number of carbonyl (C=O) groups is 1. The molecule has 3 heterocycles. The molecule has 1 aliphatic rings. The van der Waals surface area contributed by atoms with Gasteiger partial charge in [0.05, 0.1) is 6.20 Å². The van der Waals surface area contributed by atoms with Gasteiger partial charge in [0.25, 0.3) is 5.56 Å². The highest BCUT2D eigenvalue weighted by atomic mass is 32.1. The lowest BCUT2D eigenvalue weighted by molar-refractivity contribution is 0.0694. The van der Waals surface area contributed by atoms with Gasteiger partial charge in [-0.25, -0.2) is 9.78 Å². The van der Waals surface area contributed by atoms with Crippen molar-refractivity contribution in [2.24, 2.45) is 0 Å². The second-order valence-electron chi connectivity index (χ2n) is 4.41. The molecule has 7 nitrogen and oxygen atoms in total. The Hall–Kier alpha value is -1.96. The van der Waals surface area contributed by atoms with Gasteiger partial charge in [-0.2, -0.15) is 4.52 Å². The van der Waals surface area contributed by atoms with E-state index in [4.69, 9.17) is 5.11 Å². The summed E-state index contributed by atoms with van der Waals surface area (Å²) in [6.07, 6.45) is 4.53. The molecule has 100 valence electrons. The lowest BCUT2D eigenvalue weighted by atomic mass is 10.1. The van der Waals surface area contributed by atoms with Gasteiger partial charge in [0.15, 0.2) is 0 Å². The number of hydrogen-bond acceptors (Lipinski definition) is 6. The average molecular weight is 280 g/mol. The highest BCUT2D eigenvalue weighted by molar-refractivity contribution is 7.20. The van der Waals surface area contributed by atoms with Crippen molar-refractivity contribution in [1.29, 1.82) is 0 Å². The first-order chi connectivity index (χ1) is 9.16. The number of hydrogen-bond donors (Lipinski definition) is 1. The van der Waals surface area contributed by atoms with Gasteiger partial charge in [-0.05, 0) is 19.3 Å². The third-order valence-electron chi connectivity index (χ3n) is 3.13. The zero-order valence-electron chi connectivity index (χ0n) is 10.1. The lowest BCUT2D eigenvalue weighted by Crippen LogP contribution is -2.30. The van der Waals surface area contributed by atoms with Gasteiger partial charge in [0, 0.05) is 13.1 Å². The predicted molar refractivity (Wildman–Crippen MR) is 70.2 cm³/mol. The number of fused-ring (bicyclic) bond motifs is 1. The molecule has 0 radical (unpaired) electrons. The number of anilines is 1. The first-order valence-corrected chi connectivity index (χ1v) is 6.85. The van der Waals surface area contributed by atoms with Crippen LogP contribution in [-0.4, -0.2) is 38.8 Å². The fourth-order valence-corrected chi connectivity index (χ4v) is 3.05. The monoisotopic (exact) mass is 280 g/mol. The van der Waals surface area contributed by atoms with Crippen LogP contribution in [0.4, 0.5) is 5.13 Å². The van der Waals surface area contributed by atoms with Gasteiger partial charge in [-0.1, -0.05) is 11.3 Å². The highest BCUT2D eigenvalue weighted by Crippen LogP contribution is 2.24. The minimum atomic E-state index is -1.28. The maximum Gasteiger partial charge on any atom is 0.343 e. The van der Waals surface area contributed by atoms with Crippen molar-refractivity contribution in [2.75, 3.05) is 18.0 Å². The van der Waals surface area contributed by atoms with E-state index in [-0.39, 0.29) is 5.56 Å². The number of piperidine rings is 1. The van der Waals surface area contributed by atoms with Crippen LogP contribution in [0.25, 0.3) is 4.96 Å². The van der Waals surface area contributed by atoms with Crippen molar-refractivity contribution in [1.82, 2.24) is 14.6 Å². The van der Waals surface area contributed by atoms with E-state index < -0.39 is 11.5 Å². The topological polar surface area (TPSA) is 87.8 Å². The number of rotatable bonds is 2. The minimum Gasteiger partial charge on any atom is -0.477 e. The normalized spacial score (nSPS) is 15.9. The fourth-order valence-electron chi connectivity index (χ4n) is 2.14. The molecule has 0 aromatic carbocycles. The zero-order chi connectivity index (χ0) is 13.4. The third kappa shape index (κ3) is 2.07. The first kappa shape index (κ1) is 12.1. The molecule has 0 spiro atoms. The molecule has 19 heavy (non-hydrogen) atoms. The molecule has 1 N–H and O–H groups in total. The highest BCUT2D eigenvalue weighted by Gasteiger charge is 2.19. The molecule has 8 heteroatoms. The molecule has 1 aliphatic heterocycles. The summed E-state index contributed by atoms with van der Waals surface area (Å²) in [7, 11) is 0. The van der Waals surface area contributed by atoms with Gasteiger partial charge in [0.1, 0.15) is 5.56 Å². The summed E-state index contributed by atoms with van der Waals surface area (Å²) in [5, 5.41) is 13.8. The predicted octanol–water partition coefficient (Wildman–Crippen LogP) is 0.839. The summed E-state index contributed by atoms with van der Waals surface area (Å²) in [6, 6.07) is 0. The Balaban J connectivity index is 2.08. The van der Waals surface area contributed by atoms with E-state index >= 15 is 0 Å². The van der Waals surface area contributed by atoms with Crippen molar-refractivity contribution in [2.45, 2.75) is 19.3 Å². The SMILES string of the molecule is O=C(O)c1cnc2sc(N3CCCCC3)nn2c1=O. The lowest BCUT2D eigenvalue weighted by Gasteiger charge is -2.25. The van der Waals surface area contributed by atoms with Crippen LogP contribution in [-0.2, 0) is 0 Å². The molecule has 0 amide bonds. The second-order valence-corrected chi connectivity index (χ2v) is 5.34. The Labute approximate surface area is 112 Å².